The number of hydrogen-bond acceptors (Lipinski definition) is 3. The third-order valence-corrected chi connectivity index (χ3v) is 10.3. The Morgan fingerprint density at radius 3 is 1.89 bits per heavy atom. The van der Waals surface area contributed by atoms with Crippen molar-refractivity contribution >= 4 is 16.8 Å². The fourth-order valence-electron chi connectivity index (χ4n) is 7.71. The lowest BCUT2D eigenvalue weighted by Gasteiger charge is -2.40. The molecule has 1 amide bonds. The van der Waals surface area contributed by atoms with Crippen molar-refractivity contribution in [3.05, 3.63) is 204 Å². The maximum atomic E-state index is 14.4. The highest BCUT2D eigenvalue weighted by Crippen LogP contribution is 2.38. The van der Waals surface area contributed by atoms with Crippen molar-refractivity contribution in [3.8, 4) is 11.5 Å². The molecule has 5 nitrogen and oxygen atoms in total. The van der Waals surface area contributed by atoms with Crippen LogP contribution >= 0.6 is 0 Å². The number of rotatable bonds is 11. The summed E-state index contributed by atoms with van der Waals surface area (Å²) in [7, 11) is 0. The van der Waals surface area contributed by atoms with Crippen LogP contribution in [-0.4, -0.2) is 46.5 Å². The van der Waals surface area contributed by atoms with Gasteiger partial charge in [0.2, 0.25) is 5.91 Å². The summed E-state index contributed by atoms with van der Waals surface area (Å²) < 4.78 is 22.3. The van der Waals surface area contributed by atoms with E-state index in [0.29, 0.717) is 26.1 Å². The Morgan fingerprint density at radius 1 is 0.623 bits per heavy atom. The maximum absolute atomic E-state index is 14.4. The predicted octanol–water partition coefficient (Wildman–Crippen LogP) is 10.1. The molecule has 2 heterocycles. The number of para-hydroxylation sites is 2. The molecule has 6 heteroatoms. The zero-order chi connectivity index (χ0) is 36.0. The first-order valence-electron chi connectivity index (χ1n) is 18.4. The maximum Gasteiger partial charge on any atom is 0.223 e. The number of piperazine rings is 1. The first-order chi connectivity index (χ1) is 26.1. The van der Waals surface area contributed by atoms with Gasteiger partial charge in [0, 0.05) is 62.2 Å². The molecule has 1 atom stereocenters. The van der Waals surface area contributed by atoms with E-state index in [0.717, 1.165) is 52.2 Å². The quantitative estimate of drug-likeness (QED) is 0.135. The average Bonchev–Trinajstić information content (AvgIpc) is 3.57. The van der Waals surface area contributed by atoms with E-state index in [-0.39, 0.29) is 23.7 Å². The van der Waals surface area contributed by atoms with Crippen LogP contribution in [0.5, 0.6) is 11.5 Å². The monoisotopic (exact) mass is 699 g/mol. The van der Waals surface area contributed by atoms with Crippen molar-refractivity contribution in [2.45, 2.75) is 24.9 Å². The minimum absolute atomic E-state index is 0.127. The van der Waals surface area contributed by atoms with Crippen LogP contribution in [0.15, 0.2) is 170 Å². The molecule has 1 aliphatic heterocycles. The normalized spacial score (nSPS) is 14.0. The lowest BCUT2D eigenvalue weighted by atomic mass is 9.87. The summed E-state index contributed by atoms with van der Waals surface area (Å²) in [5, 5.41) is 1.10. The van der Waals surface area contributed by atoms with Gasteiger partial charge in [0.05, 0.1) is 6.04 Å². The van der Waals surface area contributed by atoms with Crippen molar-refractivity contribution in [2.75, 3.05) is 26.2 Å². The van der Waals surface area contributed by atoms with Crippen molar-refractivity contribution in [3.63, 3.8) is 0 Å². The SMILES string of the molecule is O=C(C[C@@H](c1cccc(Oc2ccccc2)c1)c1cn(Cc2ccc(F)cc2)c2ccccc12)N1CCN(C(c2ccccc2)c2ccccc2)CC1. The number of aromatic nitrogens is 1. The van der Waals surface area contributed by atoms with Crippen LogP contribution in [0.1, 0.15) is 46.2 Å². The van der Waals surface area contributed by atoms with E-state index in [9.17, 15) is 9.18 Å². The Balaban J connectivity index is 1.09. The number of halogens is 1. The Hall–Kier alpha value is -5.98. The summed E-state index contributed by atoms with van der Waals surface area (Å²) in [4.78, 5) is 19.0. The summed E-state index contributed by atoms with van der Waals surface area (Å²) >= 11 is 0. The first kappa shape index (κ1) is 34.1. The Kier molecular flexibility index (Phi) is 10.1. The third-order valence-electron chi connectivity index (χ3n) is 10.3. The van der Waals surface area contributed by atoms with Crippen LogP contribution in [0.4, 0.5) is 4.39 Å². The molecule has 0 radical (unpaired) electrons. The van der Waals surface area contributed by atoms with E-state index in [4.69, 9.17) is 4.74 Å². The minimum atomic E-state index is -0.250. The molecule has 1 aromatic heterocycles. The van der Waals surface area contributed by atoms with Crippen LogP contribution in [0.25, 0.3) is 10.9 Å². The van der Waals surface area contributed by atoms with E-state index >= 15 is 0 Å². The molecule has 6 aromatic carbocycles. The third kappa shape index (κ3) is 7.79. The number of carbonyl (C=O) groups is 1. The van der Waals surface area contributed by atoms with Gasteiger partial charge in [-0.25, -0.2) is 4.39 Å². The summed E-state index contributed by atoms with van der Waals surface area (Å²) in [6.07, 6.45) is 2.50. The molecule has 0 N–H and O–H groups in total. The molecule has 53 heavy (non-hydrogen) atoms. The van der Waals surface area contributed by atoms with Crippen LogP contribution in [0, 0.1) is 5.82 Å². The number of nitrogens with zero attached hydrogens (tertiary/aromatic N) is 3. The number of fused-ring (bicyclic) bond motifs is 1. The van der Waals surface area contributed by atoms with Crippen molar-refractivity contribution in [1.29, 1.82) is 0 Å². The van der Waals surface area contributed by atoms with Crippen LogP contribution in [-0.2, 0) is 11.3 Å². The number of hydrogen-bond donors (Lipinski definition) is 0. The highest BCUT2D eigenvalue weighted by Gasteiger charge is 2.31. The number of carbonyl (C=O) groups excluding carboxylic acids is 1. The minimum Gasteiger partial charge on any atom is -0.457 e. The van der Waals surface area contributed by atoms with Gasteiger partial charge >= 0.3 is 0 Å². The Morgan fingerprint density at radius 2 is 1.21 bits per heavy atom. The second-order valence-corrected chi connectivity index (χ2v) is 13.7. The second kappa shape index (κ2) is 15.7. The molecule has 0 unspecified atom stereocenters. The molecule has 8 rings (SSSR count). The lowest BCUT2D eigenvalue weighted by molar-refractivity contribution is -0.133. The molecule has 1 aliphatic rings. The predicted molar refractivity (Wildman–Crippen MR) is 210 cm³/mol. The molecule has 0 aliphatic carbocycles. The van der Waals surface area contributed by atoms with Crippen molar-refractivity contribution in [2.24, 2.45) is 0 Å². The largest absolute Gasteiger partial charge is 0.457 e. The van der Waals surface area contributed by atoms with Gasteiger partial charge in [-0.15, -0.1) is 0 Å². The zero-order valence-electron chi connectivity index (χ0n) is 29.6. The zero-order valence-corrected chi connectivity index (χ0v) is 29.6. The Labute approximate surface area is 310 Å². The van der Waals surface area contributed by atoms with Crippen molar-refractivity contribution < 1.29 is 13.9 Å². The number of amides is 1. The van der Waals surface area contributed by atoms with Crippen LogP contribution < -0.4 is 4.74 Å². The van der Waals surface area contributed by atoms with E-state index in [1.54, 1.807) is 0 Å². The molecule has 7 aromatic rings. The van der Waals surface area contributed by atoms with Crippen LogP contribution in [0.3, 0.4) is 0 Å². The highest BCUT2D eigenvalue weighted by atomic mass is 19.1. The summed E-state index contributed by atoms with van der Waals surface area (Å²) in [6.45, 7) is 3.46. The molecular weight excluding hydrogens is 658 g/mol. The van der Waals surface area contributed by atoms with Gasteiger partial charge in [-0.2, -0.15) is 0 Å². The topological polar surface area (TPSA) is 37.7 Å². The number of ether oxygens (including phenoxy) is 1. The van der Waals surface area contributed by atoms with Gasteiger partial charge in [-0.1, -0.05) is 121 Å². The van der Waals surface area contributed by atoms with E-state index in [1.807, 2.05) is 65.6 Å². The van der Waals surface area contributed by atoms with Crippen LogP contribution in [0.2, 0.25) is 0 Å². The smallest absolute Gasteiger partial charge is 0.223 e. The summed E-state index contributed by atoms with van der Waals surface area (Å²) in [5.74, 6) is 1.15. The molecule has 0 saturated carbocycles. The molecule has 1 fully saturated rings. The fourth-order valence-corrected chi connectivity index (χ4v) is 7.71. The standard InChI is InChI=1S/C47H42FN3O2/c48-39-25-23-35(24-26-39)33-51-34-44(42-21-10-11-22-45(42)51)43(38-17-12-20-41(31-38)53-40-18-8-3-9-19-40)32-46(52)49-27-29-50(30-28-49)47(36-13-4-1-5-14-36)37-15-6-2-7-16-37/h1-26,31,34,43,47H,27-30,32-33H2/t43-/m0/s1. The van der Waals surface area contributed by atoms with Gasteiger partial charge in [-0.3, -0.25) is 9.69 Å². The lowest BCUT2D eigenvalue weighted by Crippen LogP contribution is -2.50. The van der Waals surface area contributed by atoms with Gasteiger partial charge < -0.3 is 14.2 Å². The molecule has 1 saturated heterocycles. The average molecular weight is 700 g/mol. The summed E-state index contributed by atoms with van der Waals surface area (Å²) in [5.41, 5.74) is 6.69. The molecular formula is C47H42FN3O2. The highest BCUT2D eigenvalue weighted by molar-refractivity contribution is 5.87. The van der Waals surface area contributed by atoms with E-state index in [1.165, 1.54) is 23.3 Å². The molecule has 0 bridgehead atoms. The first-order valence-corrected chi connectivity index (χ1v) is 18.4. The van der Waals surface area contributed by atoms with Gasteiger partial charge in [-0.05, 0) is 70.3 Å². The van der Waals surface area contributed by atoms with E-state index < -0.39 is 0 Å². The summed E-state index contributed by atoms with van der Waals surface area (Å²) in [6, 6.07) is 54.3. The second-order valence-electron chi connectivity index (χ2n) is 13.7. The molecule has 264 valence electrons. The van der Waals surface area contributed by atoms with Crippen molar-refractivity contribution in [1.82, 2.24) is 14.4 Å². The van der Waals surface area contributed by atoms with Gasteiger partial charge in [0.15, 0.2) is 0 Å². The van der Waals surface area contributed by atoms with Gasteiger partial charge in [0.1, 0.15) is 17.3 Å². The number of benzene rings is 6. The molecule has 0 spiro atoms. The fraction of sp³-hybridized carbons (Fsp3) is 0.170. The Bertz CT molecular complexity index is 2230. The van der Waals surface area contributed by atoms with Gasteiger partial charge in [0.25, 0.3) is 0 Å². The van der Waals surface area contributed by atoms with E-state index in [2.05, 4.69) is 107 Å².